The van der Waals surface area contributed by atoms with Gasteiger partial charge in [0.05, 0.1) is 31.1 Å². The Morgan fingerprint density at radius 2 is 1.85 bits per heavy atom. The summed E-state index contributed by atoms with van der Waals surface area (Å²) in [4.78, 5) is 33.0. The number of rotatable bonds is 7. The minimum absolute atomic E-state index is 0.00175. The van der Waals surface area contributed by atoms with Gasteiger partial charge in [0.15, 0.2) is 11.9 Å². The van der Waals surface area contributed by atoms with Gasteiger partial charge in [0.25, 0.3) is 0 Å². The van der Waals surface area contributed by atoms with Crippen LogP contribution in [0.25, 0.3) is 11.1 Å². The van der Waals surface area contributed by atoms with Crippen molar-refractivity contribution in [2.45, 2.75) is 45.0 Å². The fourth-order valence-electron chi connectivity index (χ4n) is 4.46. The van der Waals surface area contributed by atoms with Crippen LogP contribution in [-0.2, 0) is 14.3 Å². The predicted molar refractivity (Wildman–Crippen MR) is 143 cm³/mol. The number of carbonyl (C=O) groups excluding carboxylic acids is 2. The summed E-state index contributed by atoms with van der Waals surface area (Å²) in [5.41, 5.74) is 0.407. The first kappa shape index (κ1) is 28.0. The first-order valence-corrected chi connectivity index (χ1v) is 12.8. The average molecular weight is 571 g/mol. The molecule has 3 aromatic rings. The van der Waals surface area contributed by atoms with E-state index in [4.69, 9.17) is 18.8 Å². The summed E-state index contributed by atoms with van der Waals surface area (Å²) >= 11 is 0. The molecule has 5 rings (SSSR count). The monoisotopic (exact) mass is 570 g/mol. The van der Waals surface area contributed by atoms with E-state index >= 15 is 8.78 Å². The first-order chi connectivity index (χ1) is 19.5. The Hall–Kier alpha value is -4.52. The van der Waals surface area contributed by atoms with E-state index in [1.165, 1.54) is 46.4 Å². The normalized spacial score (nSPS) is 18.6. The van der Waals surface area contributed by atoms with E-state index in [0.29, 0.717) is 17.7 Å². The number of nitrogens with zero attached hydrogens (tertiary/aromatic N) is 4. The van der Waals surface area contributed by atoms with Crippen molar-refractivity contribution in [3.63, 3.8) is 0 Å². The lowest BCUT2D eigenvalue weighted by molar-refractivity contribution is 0.0390. The highest BCUT2D eigenvalue weighted by molar-refractivity contribution is 6.01. The number of halogens is 2. The molecule has 1 N–H and O–H groups in total. The lowest BCUT2D eigenvalue weighted by Crippen LogP contribution is -2.42. The number of benzene rings is 2. The second kappa shape index (κ2) is 11.2. The van der Waals surface area contributed by atoms with E-state index in [-0.39, 0.29) is 42.3 Å². The van der Waals surface area contributed by atoms with Crippen molar-refractivity contribution in [3.05, 3.63) is 65.9 Å². The van der Waals surface area contributed by atoms with Crippen molar-refractivity contribution in [1.82, 2.24) is 5.16 Å². The summed E-state index contributed by atoms with van der Waals surface area (Å²) in [5.74, 6) is -1.23. The molecule has 0 radical (unpaired) electrons. The molecule has 11 nitrogen and oxygen atoms in total. The molecule has 2 aromatic carbocycles. The number of carbonyl (C=O) groups is 2. The quantitative estimate of drug-likeness (QED) is 0.426. The van der Waals surface area contributed by atoms with Gasteiger partial charge in [0.1, 0.15) is 29.6 Å². The van der Waals surface area contributed by atoms with E-state index in [0.717, 1.165) is 6.07 Å². The molecule has 0 spiro atoms. The van der Waals surface area contributed by atoms with Crippen molar-refractivity contribution in [1.29, 1.82) is 0 Å². The Labute approximate surface area is 233 Å². The fraction of sp³-hybridized carbons (Fsp3) is 0.357. The molecule has 13 heteroatoms. The number of aliphatic hydroxyl groups excluding tert-OH is 1. The number of cyclic esters (lactones) is 1. The number of hydrogen-bond donors (Lipinski definition) is 1. The van der Waals surface area contributed by atoms with Crippen molar-refractivity contribution >= 4 is 29.4 Å². The van der Waals surface area contributed by atoms with Crippen LogP contribution in [0.4, 0.5) is 29.9 Å². The highest BCUT2D eigenvalue weighted by atomic mass is 19.1. The standard InChI is InChI=1S/C28H28F2N4O7/c1-28(2,3)40-27(37)34(25-8-9-38-32-25)14-19-13-33(26(36)39-19)17-5-7-21(23(30)11-17)20-6-4-16(10-22(20)29)24-12-18(15-35)41-31-24/h4-11,18-19,35H,12-15H2,1-3H3/t18?,19-/m1/s1. The number of oxime groups is 1. The maximum atomic E-state index is 15.2. The Morgan fingerprint density at radius 1 is 1.12 bits per heavy atom. The molecule has 1 saturated heterocycles. The van der Waals surface area contributed by atoms with Gasteiger partial charge in [0, 0.05) is 29.2 Å². The van der Waals surface area contributed by atoms with Gasteiger partial charge in [-0.2, -0.15) is 0 Å². The van der Waals surface area contributed by atoms with E-state index < -0.39 is 41.6 Å². The highest BCUT2D eigenvalue weighted by Crippen LogP contribution is 2.32. The third-order valence-corrected chi connectivity index (χ3v) is 6.37. The van der Waals surface area contributed by atoms with Crippen LogP contribution >= 0.6 is 0 Å². The zero-order chi connectivity index (χ0) is 29.3. The van der Waals surface area contributed by atoms with Crippen LogP contribution in [0.3, 0.4) is 0 Å². The van der Waals surface area contributed by atoms with Crippen LogP contribution in [-0.4, -0.2) is 65.7 Å². The number of amides is 2. The van der Waals surface area contributed by atoms with Crippen LogP contribution in [0.5, 0.6) is 0 Å². The highest BCUT2D eigenvalue weighted by Gasteiger charge is 2.37. The number of aliphatic hydroxyl groups is 1. The van der Waals surface area contributed by atoms with Gasteiger partial charge < -0.3 is 23.9 Å². The summed E-state index contributed by atoms with van der Waals surface area (Å²) in [5, 5.41) is 16.9. The first-order valence-electron chi connectivity index (χ1n) is 12.8. The Bertz CT molecular complexity index is 1470. The molecule has 1 aromatic heterocycles. The van der Waals surface area contributed by atoms with Gasteiger partial charge in [-0.1, -0.05) is 22.4 Å². The van der Waals surface area contributed by atoms with Gasteiger partial charge in [-0.3, -0.25) is 9.80 Å². The molecule has 3 heterocycles. The Balaban J connectivity index is 1.30. The summed E-state index contributed by atoms with van der Waals surface area (Å²) in [6, 6.07) is 9.73. The van der Waals surface area contributed by atoms with Gasteiger partial charge >= 0.3 is 12.2 Å². The molecule has 41 heavy (non-hydrogen) atoms. The maximum absolute atomic E-state index is 15.2. The molecule has 0 aliphatic carbocycles. The molecule has 2 atom stereocenters. The van der Waals surface area contributed by atoms with Crippen LogP contribution < -0.4 is 9.80 Å². The van der Waals surface area contributed by atoms with Crippen LogP contribution in [0.2, 0.25) is 0 Å². The Kier molecular flexibility index (Phi) is 7.63. The molecule has 0 bridgehead atoms. The topological polar surface area (TPSA) is 127 Å². The SMILES string of the molecule is CC(C)(C)OC(=O)N(C[C@H]1CN(c2ccc(-c3ccc(C4=NOC(CO)C4)cc3F)c(F)c2)C(=O)O1)c1ccon1. The largest absolute Gasteiger partial charge is 0.443 e. The lowest BCUT2D eigenvalue weighted by atomic mass is 9.99. The van der Waals surface area contributed by atoms with Crippen LogP contribution in [0.1, 0.15) is 32.8 Å². The van der Waals surface area contributed by atoms with E-state index in [1.807, 2.05) is 0 Å². The fourth-order valence-corrected chi connectivity index (χ4v) is 4.46. The third-order valence-electron chi connectivity index (χ3n) is 6.37. The maximum Gasteiger partial charge on any atom is 0.416 e. The molecule has 2 amide bonds. The number of ether oxygens (including phenoxy) is 2. The van der Waals surface area contributed by atoms with Gasteiger partial charge in [-0.15, -0.1) is 0 Å². The zero-order valence-electron chi connectivity index (χ0n) is 22.5. The molecule has 0 saturated carbocycles. The summed E-state index contributed by atoms with van der Waals surface area (Å²) in [6.45, 7) is 4.87. The number of aromatic nitrogens is 1. The molecular weight excluding hydrogens is 542 g/mol. The smallest absolute Gasteiger partial charge is 0.416 e. The van der Waals surface area contributed by atoms with E-state index in [1.54, 1.807) is 26.8 Å². The van der Waals surface area contributed by atoms with Gasteiger partial charge in [-0.05, 0) is 45.0 Å². The van der Waals surface area contributed by atoms with Crippen molar-refractivity contribution < 1.29 is 42.3 Å². The van der Waals surface area contributed by atoms with Crippen molar-refractivity contribution in [2.75, 3.05) is 29.5 Å². The van der Waals surface area contributed by atoms with Crippen molar-refractivity contribution in [2.24, 2.45) is 5.16 Å². The zero-order valence-corrected chi connectivity index (χ0v) is 22.5. The minimum Gasteiger partial charge on any atom is -0.443 e. The lowest BCUT2D eigenvalue weighted by Gasteiger charge is -2.26. The number of anilines is 2. The van der Waals surface area contributed by atoms with Crippen molar-refractivity contribution in [3.8, 4) is 11.1 Å². The second-order valence-corrected chi connectivity index (χ2v) is 10.6. The minimum atomic E-state index is -0.785. The predicted octanol–water partition coefficient (Wildman–Crippen LogP) is 4.87. The third kappa shape index (κ3) is 6.14. The van der Waals surface area contributed by atoms with Crippen LogP contribution in [0.15, 0.2) is 58.4 Å². The molecule has 2 aliphatic rings. The van der Waals surface area contributed by atoms with Gasteiger partial charge in [0.2, 0.25) is 0 Å². The summed E-state index contributed by atoms with van der Waals surface area (Å²) in [7, 11) is 0. The molecule has 216 valence electrons. The summed E-state index contributed by atoms with van der Waals surface area (Å²) in [6.07, 6.45) is -1.07. The summed E-state index contributed by atoms with van der Waals surface area (Å²) < 4.78 is 46.0. The number of hydrogen-bond acceptors (Lipinski definition) is 9. The Morgan fingerprint density at radius 3 is 2.46 bits per heavy atom. The molecule has 2 aliphatic heterocycles. The van der Waals surface area contributed by atoms with Crippen LogP contribution in [0, 0.1) is 11.6 Å². The molecule has 1 unspecified atom stereocenters. The second-order valence-electron chi connectivity index (χ2n) is 10.6. The van der Waals surface area contributed by atoms with Gasteiger partial charge in [-0.25, -0.2) is 18.4 Å². The van der Waals surface area contributed by atoms with E-state index in [2.05, 4.69) is 10.3 Å². The van der Waals surface area contributed by atoms with E-state index in [9.17, 15) is 14.7 Å². The average Bonchev–Trinajstić information content (AvgIpc) is 3.68. The molecule has 1 fully saturated rings. The molecular formula is C28H28F2N4O7.